The fourth-order valence-electron chi connectivity index (χ4n) is 2.86. The van der Waals surface area contributed by atoms with Crippen LogP contribution < -0.4 is 10.6 Å². The second kappa shape index (κ2) is 5.05. The highest BCUT2D eigenvalue weighted by Gasteiger charge is 2.38. The summed E-state index contributed by atoms with van der Waals surface area (Å²) in [6, 6.07) is 0.122. The fourth-order valence-corrected chi connectivity index (χ4v) is 2.86. The van der Waals surface area contributed by atoms with Crippen molar-refractivity contribution in [2.24, 2.45) is 11.1 Å². The van der Waals surface area contributed by atoms with Gasteiger partial charge in [-0.1, -0.05) is 13.8 Å². The molecule has 1 saturated heterocycles. The monoisotopic (exact) mass is 281 g/mol. The summed E-state index contributed by atoms with van der Waals surface area (Å²) in [5, 5.41) is 15.6. The summed E-state index contributed by atoms with van der Waals surface area (Å²) in [5.74, 6) is 0.620. The van der Waals surface area contributed by atoms with Crippen molar-refractivity contribution in [1.82, 2.24) is 9.78 Å². The summed E-state index contributed by atoms with van der Waals surface area (Å²) in [4.78, 5) is 13.1. The zero-order chi connectivity index (χ0) is 15.1. The van der Waals surface area contributed by atoms with E-state index in [1.54, 1.807) is 11.6 Å². The molecular formula is C13H23N5O2. The SMILES string of the molecule is CCn1nc(C)c([N+](=O)[O-])c1N1CCC(N)C(C)(C)C1. The quantitative estimate of drug-likeness (QED) is 0.672. The molecule has 0 radical (unpaired) electrons. The molecule has 2 rings (SSSR count). The lowest BCUT2D eigenvalue weighted by molar-refractivity contribution is -0.384. The van der Waals surface area contributed by atoms with Gasteiger partial charge in [-0.2, -0.15) is 5.10 Å². The van der Waals surface area contributed by atoms with E-state index in [-0.39, 0.29) is 22.1 Å². The van der Waals surface area contributed by atoms with Gasteiger partial charge in [-0.05, 0) is 25.7 Å². The maximum Gasteiger partial charge on any atom is 0.333 e. The van der Waals surface area contributed by atoms with Gasteiger partial charge in [0.15, 0.2) is 0 Å². The number of nitrogens with zero attached hydrogens (tertiary/aromatic N) is 4. The Morgan fingerprint density at radius 3 is 2.70 bits per heavy atom. The number of anilines is 1. The molecule has 1 unspecified atom stereocenters. The second-order valence-corrected chi connectivity index (χ2v) is 6.14. The molecule has 20 heavy (non-hydrogen) atoms. The first-order valence-corrected chi connectivity index (χ1v) is 7.00. The Morgan fingerprint density at radius 1 is 1.55 bits per heavy atom. The average molecular weight is 281 g/mol. The Kier molecular flexibility index (Phi) is 3.73. The lowest BCUT2D eigenvalue weighted by atomic mass is 9.79. The van der Waals surface area contributed by atoms with Crippen LogP contribution in [-0.4, -0.2) is 33.8 Å². The Morgan fingerprint density at radius 2 is 2.20 bits per heavy atom. The molecule has 2 N–H and O–H groups in total. The molecule has 1 aliphatic heterocycles. The predicted octanol–water partition coefficient (Wildman–Crippen LogP) is 1.68. The van der Waals surface area contributed by atoms with Gasteiger partial charge in [0, 0.05) is 25.7 Å². The highest BCUT2D eigenvalue weighted by atomic mass is 16.6. The smallest absolute Gasteiger partial charge is 0.333 e. The van der Waals surface area contributed by atoms with E-state index in [2.05, 4.69) is 23.8 Å². The third-order valence-electron chi connectivity index (χ3n) is 4.16. The molecule has 1 fully saturated rings. The van der Waals surface area contributed by atoms with E-state index in [1.807, 2.05) is 6.92 Å². The molecule has 7 nitrogen and oxygen atoms in total. The van der Waals surface area contributed by atoms with Crippen molar-refractivity contribution >= 4 is 11.5 Å². The molecule has 1 aromatic rings. The van der Waals surface area contributed by atoms with Crippen molar-refractivity contribution in [2.45, 2.75) is 46.7 Å². The van der Waals surface area contributed by atoms with E-state index in [9.17, 15) is 10.1 Å². The molecule has 0 saturated carbocycles. The van der Waals surface area contributed by atoms with Crippen molar-refractivity contribution < 1.29 is 4.92 Å². The van der Waals surface area contributed by atoms with Gasteiger partial charge in [0.05, 0.1) is 4.92 Å². The van der Waals surface area contributed by atoms with E-state index in [0.29, 0.717) is 24.6 Å². The van der Waals surface area contributed by atoms with Gasteiger partial charge in [0.2, 0.25) is 5.82 Å². The summed E-state index contributed by atoms with van der Waals surface area (Å²) < 4.78 is 1.72. The molecule has 0 spiro atoms. The first-order chi connectivity index (χ1) is 9.27. The first kappa shape index (κ1) is 14.8. The molecule has 112 valence electrons. The minimum atomic E-state index is -0.328. The number of piperidine rings is 1. The van der Waals surface area contributed by atoms with Crippen molar-refractivity contribution in [3.05, 3.63) is 15.8 Å². The number of nitro groups is 1. The third-order valence-corrected chi connectivity index (χ3v) is 4.16. The van der Waals surface area contributed by atoms with Gasteiger partial charge in [-0.25, -0.2) is 4.68 Å². The highest BCUT2D eigenvalue weighted by molar-refractivity contribution is 5.61. The Labute approximate surface area is 118 Å². The zero-order valence-corrected chi connectivity index (χ0v) is 12.6. The van der Waals surface area contributed by atoms with Crippen LogP contribution in [0.15, 0.2) is 0 Å². The van der Waals surface area contributed by atoms with Crippen LogP contribution >= 0.6 is 0 Å². The molecule has 1 aliphatic rings. The lowest BCUT2D eigenvalue weighted by Gasteiger charge is -2.43. The van der Waals surface area contributed by atoms with E-state index >= 15 is 0 Å². The van der Waals surface area contributed by atoms with E-state index in [1.165, 1.54) is 0 Å². The van der Waals surface area contributed by atoms with E-state index in [4.69, 9.17) is 5.73 Å². The third kappa shape index (κ3) is 2.37. The fraction of sp³-hybridized carbons (Fsp3) is 0.769. The summed E-state index contributed by atoms with van der Waals surface area (Å²) in [5.41, 5.74) is 6.67. The van der Waals surface area contributed by atoms with Crippen molar-refractivity contribution in [3.8, 4) is 0 Å². The van der Waals surface area contributed by atoms with Gasteiger partial charge in [-0.15, -0.1) is 0 Å². The second-order valence-electron chi connectivity index (χ2n) is 6.14. The molecule has 1 atom stereocenters. The summed E-state index contributed by atoms with van der Waals surface area (Å²) >= 11 is 0. The van der Waals surface area contributed by atoms with Crippen LogP contribution in [-0.2, 0) is 6.54 Å². The van der Waals surface area contributed by atoms with Crippen molar-refractivity contribution in [3.63, 3.8) is 0 Å². The van der Waals surface area contributed by atoms with Crippen molar-refractivity contribution in [2.75, 3.05) is 18.0 Å². The molecule has 0 amide bonds. The van der Waals surface area contributed by atoms with Gasteiger partial charge >= 0.3 is 5.69 Å². The van der Waals surface area contributed by atoms with Crippen LogP contribution in [0.5, 0.6) is 0 Å². The van der Waals surface area contributed by atoms with Gasteiger partial charge in [-0.3, -0.25) is 10.1 Å². The zero-order valence-electron chi connectivity index (χ0n) is 12.6. The average Bonchev–Trinajstić information content (AvgIpc) is 2.69. The van der Waals surface area contributed by atoms with Crippen LogP contribution in [0, 0.1) is 22.5 Å². The van der Waals surface area contributed by atoms with Gasteiger partial charge < -0.3 is 10.6 Å². The highest BCUT2D eigenvalue weighted by Crippen LogP contribution is 2.37. The van der Waals surface area contributed by atoms with Crippen LogP contribution in [0.2, 0.25) is 0 Å². The number of rotatable bonds is 3. The van der Waals surface area contributed by atoms with Crippen LogP contribution in [0.1, 0.15) is 32.9 Å². The standard InChI is InChI=1S/C13H23N5O2/c1-5-17-12(11(18(19)20)9(2)15-17)16-7-6-10(14)13(3,4)8-16/h10H,5-8,14H2,1-4H3. The Balaban J connectivity index is 2.44. The minimum absolute atomic E-state index is 0.0666. The summed E-state index contributed by atoms with van der Waals surface area (Å²) in [6.07, 6.45) is 0.831. The number of hydrogen-bond acceptors (Lipinski definition) is 5. The van der Waals surface area contributed by atoms with Crippen molar-refractivity contribution in [1.29, 1.82) is 0 Å². The van der Waals surface area contributed by atoms with E-state index < -0.39 is 0 Å². The Bertz CT molecular complexity index is 523. The molecular weight excluding hydrogens is 258 g/mol. The molecule has 0 bridgehead atoms. The van der Waals surface area contributed by atoms with Gasteiger partial charge in [0.25, 0.3) is 0 Å². The van der Waals surface area contributed by atoms with Gasteiger partial charge in [0.1, 0.15) is 5.69 Å². The minimum Gasteiger partial charge on any atom is -0.350 e. The number of nitrogens with two attached hydrogens (primary N) is 1. The summed E-state index contributed by atoms with van der Waals surface area (Å²) in [7, 11) is 0. The summed E-state index contributed by atoms with van der Waals surface area (Å²) in [6.45, 7) is 9.91. The molecule has 7 heteroatoms. The molecule has 0 aromatic carbocycles. The number of aromatic nitrogens is 2. The van der Waals surface area contributed by atoms with E-state index in [0.717, 1.165) is 13.0 Å². The Hall–Kier alpha value is -1.63. The van der Waals surface area contributed by atoms with Crippen LogP contribution in [0.25, 0.3) is 0 Å². The lowest BCUT2D eigenvalue weighted by Crippen LogP contribution is -2.53. The number of aryl methyl sites for hydroxylation is 2. The molecule has 2 heterocycles. The predicted molar refractivity (Wildman–Crippen MR) is 77.9 cm³/mol. The maximum absolute atomic E-state index is 11.3. The maximum atomic E-state index is 11.3. The van der Waals surface area contributed by atoms with Crippen LogP contribution in [0.3, 0.4) is 0 Å². The topological polar surface area (TPSA) is 90.2 Å². The number of hydrogen-bond donors (Lipinski definition) is 1. The first-order valence-electron chi connectivity index (χ1n) is 7.00. The molecule has 1 aromatic heterocycles. The normalized spacial score (nSPS) is 22.1. The largest absolute Gasteiger partial charge is 0.350 e. The van der Waals surface area contributed by atoms with Crippen LogP contribution in [0.4, 0.5) is 11.5 Å². The molecule has 0 aliphatic carbocycles.